The molecule has 1 amide bonds. The van der Waals surface area contributed by atoms with E-state index in [9.17, 15) is 4.79 Å². The lowest BCUT2D eigenvalue weighted by atomic mass is 10.2. The first kappa shape index (κ1) is 19.5. The first-order valence-corrected chi connectivity index (χ1v) is 9.04. The van der Waals surface area contributed by atoms with Crippen molar-refractivity contribution in [1.82, 2.24) is 5.43 Å². The maximum atomic E-state index is 11.9. The number of amides is 1. The van der Waals surface area contributed by atoms with E-state index in [1.54, 1.807) is 30.5 Å². The van der Waals surface area contributed by atoms with Crippen LogP contribution in [0.15, 0.2) is 84.0 Å². The van der Waals surface area contributed by atoms with E-state index in [1.807, 2.05) is 54.6 Å². The number of nitrogens with zero attached hydrogens (tertiary/aromatic N) is 1. The summed E-state index contributed by atoms with van der Waals surface area (Å²) in [7, 11) is 0. The van der Waals surface area contributed by atoms with Crippen molar-refractivity contribution in [3.63, 3.8) is 0 Å². The van der Waals surface area contributed by atoms with Gasteiger partial charge in [0.2, 0.25) is 0 Å². The zero-order valence-corrected chi connectivity index (χ0v) is 15.8. The zero-order valence-electron chi connectivity index (χ0n) is 15.0. The van der Waals surface area contributed by atoms with Crippen LogP contribution >= 0.6 is 11.6 Å². The zero-order chi connectivity index (χ0) is 19.6. The predicted octanol–water partition coefficient (Wildman–Crippen LogP) is 4.45. The molecule has 3 rings (SSSR count). The quantitative estimate of drug-likeness (QED) is 0.453. The van der Waals surface area contributed by atoms with Gasteiger partial charge in [-0.3, -0.25) is 4.79 Å². The Morgan fingerprint density at radius 2 is 1.64 bits per heavy atom. The van der Waals surface area contributed by atoms with E-state index in [-0.39, 0.29) is 12.5 Å². The number of nitrogens with one attached hydrogen (secondary N) is 1. The molecule has 28 heavy (non-hydrogen) atoms. The standard InChI is InChI=1S/C22H19ClN2O3/c23-19-10-12-20(13-11-19)27-16-22(26)25-24-14-18-8-4-5-9-21(18)28-15-17-6-2-1-3-7-17/h1-14H,15-16H2,(H,25,26). The van der Waals surface area contributed by atoms with Gasteiger partial charge in [-0.15, -0.1) is 0 Å². The van der Waals surface area contributed by atoms with Crippen LogP contribution in [-0.4, -0.2) is 18.7 Å². The molecule has 0 spiro atoms. The first-order chi connectivity index (χ1) is 13.7. The average Bonchev–Trinajstić information content (AvgIpc) is 2.73. The fourth-order valence-electron chi connectivity index (χ4n) is 2.34. The first-order valence-electron chi connectivity index (χ1n) is 8.67. The molecular weight excluding hydrogens is 376 g/mol. The second-order valence-corrected chi connectivity index (χ2v) is 6.28. The minimum absolute atomic E-state index is 0.148. The summed E-state index contributed by atoms with van der Waals surface area (Å²) in [5, 5.41) is 4.58. The van der Waals surface area contributed by atoms with Crippen molar-refractivity contribution in [1.29, 1.82) is 0 Å². The Bertz CT molecular complexity index is 928. The van der Waals surface area contributed by atoms with Crippen molar-refractivity contribution < 1.29 is 14.3 Å². The molecule has 142 valence electrons. The number of rotatable bonds is 8. The van der Waals surface area contributed by atoms with Crippen LogP contribution in [0.5, 0.6) is 11.5 Å². The van der Waals surface area contributed by atoms with Gasteiger partial charge in [-0.25, -0.2) is 5.43 Å². The highest BCUT2D eigenvalue weighted by atomic mass is 35.5. The summed E-state index contributed by atoms with van der Waals surface area (Å²) >= 11 is 5.81. The van der Waals surface area contributed by atoms with Gasteiger partial charge in [0, 0.05) is 10.6 Å². The van der Waals surface area contributed by atoms with Gasteiger partial charge in [0.1, 0.15) is 18.1 Å². The van der Waals surface area contributed by atoms with Crippen molar-refractivity contribution in [2.45, 2.75) is 6.61 Å². The van der Waals surface area contributed by atoms with Gasteiger partial charge in [0.05, 0.1) is 6.21 Å². The maximum absolute atomic E-state index is 11.9. The molecule has 0 heterocycles. The van der Waals surface area contributed by atoms with E-state index < -0.39 is 0 Å². The van der Waals surface area contributed by atoms with Gasteiger partial charge in [0.15, 0.2) is 6.61 Å². The van der Waals surface area contributed by atoms with E-state index in [1.165, 1.54) is 0 Å². The SMILES string of the molecule is O=C(COc1ccc(Cl)cc1)NN=Cc1ccccc1OCc1ccccc1. The molecular formula is C22H19ClN2O3. The summed E-state index contributed by atoms with van der Waals surface area (Å²) in [5.41, 5.74) is 4.27. The molecule has 0 bridgehead atoms. The monoisotopic (exact) mass is 394 g/mol. The Hall–Kier alpha value is -3.31. The molecule has 0 radical (unpaired) electrons. The Kier molecular flexibility index (Phi) is 7.04. The van der Waals surface area contributed by atoms with Crippen LogP contribution < -0.4 is 14.9 Å². The van der Waals surface area contributed by atoms with Crippen LogP contribution in [0.25, 0.3) is 0 Å². The van der Waals surface area contributed by atoms with Gasteiger partial charge in [0.25, 0.3) is 5.91 Å². The predicted molar refractivity (Wildman–Crippen MR) is 110 cm³/mol. The number of ether oxygens (including phenoxy) is 2. The highest BCUT2D eigenvalue weighted by molar-refractivity contribution is 6.30. The minimum atomic E-state index is -0.367. The van der Waals surface area contributed by atoms with Crippen LogP contribution in [-0.2, 0) is 11.4 Å². The molecule has 0 aliphatic carbocycles. The van der Waals surface area contributed by atoms with E-state index >= 15 is 0 Å². The van der Waals surface area contributed by atoms with Crippen molar-refractivity contribution in [3.8, 4) is 11.5 Å². The molecule has 0 saturated carbocycles. The number of halogens is 1. The molecule has 1 N–H and O–H groups in total. The van der Waals surface area contributed by atoms with E-state index in [0.29, 0.717) is 23.1 Å². The van der Waals surface area contributed by atoms with Gasteiger partial charge >= 0.3 is 0 Å². The van der Waals surface area contributed by atoms with E-state index in [2.05, 4.69) is 10.5 Å². The van der Waals surface area contributed by atoms with Crippen molar-refractivity contribution in [2.75, 3.05) is 6.61 Å². The lowest BCUT2D eigenvalue weighted by Gasteiger charge is -2.09. The summed E-state index contributed by atoms with van der Waals surface area (Å²) < 4.78 is 11.2. The van der Waals surface area contributed by atoms with Crippen molar-refractivity contribution in [3.05, 3.63) is 95.0 Å². The van der Waals surface area contributed by atoms with Gasteiger partial charge in [-0.05, 0) is 42.0 Å². The summed E-state index contributed by atoms with van der Waals surface area (Å²) in [6.07, 6.45) is 1.54. The number of hydrogen-bond acceptors (Lipinski definition) is 4. The second-order valence-electron chi connectivity index (χ2n) is 5.85. The molecule has 6 heteroatoms. The molecule has 3 aromatic carbocycles. The van der Waals surface area contributed by atoms with Crippen LogP contribution in [0.2, 0.25) is 5.02 Å². The second kappa shape index (κ2) is 10.1. The topological polar surface area (TPSA) is 59.9 Å². The third kappa shape index (κ3) is 6.14. The normalized spacial score (nSPS) is 10.6. The molecule has 0 unspecified atom stereocenters. The van der Waals surface area contributed by atoms with Gasteiger partial charge in [-0.1, -0.05) is 54.1 Å². The summed E-state index contributed by atoms with van der Waals surface area (Å²) in [6.45, 7) is 0.304. The van der Waals surface area contributed by atoms with E-state index in [4.69, 9.17) is 21.1 Å². The summed E-state index contributed by atoms with van der Waals surface area (Å²) in [6, 6.07) is 24.1. The minimum Gasteiger partial charge on any atom is -0.488 e. The largest absolute Gasteiger partial charge is 0.488 e. The highest BCUT2D eigenvalue weighted by Crippen LogP contribution is 2.18. The third-order valence-electron chi connectivity index (χ3n) is 3.73. The Morgan fingerprint density at radius 1 is 0.929 bits per heavy atom. The van der Waals surface area contributed by atoms with Gasteiger partial charge in [-0.2, -0.15) is 5.10 Å². The molecule has 0 aliphatic rings. The van der Waals surface area contributed by atoms with E-state index in [0.717, 1.165) is 11.1 Å². The van der Waals surface area contributed by atoms with Crippen molar-refractivity contribution >= 4 is 23.7 Å². The molecule has 0 fully saturated rings. The molecule has 0 atom stereocenters. The average molecular weight is 395 g/mol. The fraction of sp³-hybridized carbons (Fsp3) is 0.0909. The Labute approximate surface area is 168 Å². The van der Waals surface area contributed by atoms with Gasteiger partial charge < -0.3 is 9.47 Å². The summed E-state index contributed by atoms with van der Waals surface area (Å²) in [4.78, 5) is 11.9. The lowest BCUT2D eigenvalue weighted by Crippen LogP contribution is -2.24. The van der Waals surface area contributed by atoms with Crippen molar-refractivity contribution in [2.24, 2.45) is 5.10 Å². The van der Waals surface area contributed by atoms with Crippen LogP contribution in [0.3, 0.4) is 0 Å². The molecule has 0 aliphatic heterocycles. The van der Waals surface area contributed by atoms with Crippen LogP contribution in [0, 0.1) is 0 Å². The van der Waals surface area contributed by atoms with Crippen LogP contribution in [0.4, 0.5) is 0 Å². The fourth-order valence-corrected chi connectivity index (χ4v) is 2.47. The number of carbonyl (C=O) groups is 1. The Balaban J connectivity index is 1.50. The summed E-state index contributed by atoms with van der Waals surface area (Å²) in [5.74, 6) is 0.874. The maximum Gasteiger partial charge on any atom is 0.277 e. The molecule has 0 aromatic heterocycles. The number of hydrogen-bond donors (Lipinski definition) is 1. The number of benzene rings is 3. The number of carbonyl (C=O) groups excluding carboxylic acids is 1. The Morgan fingerprint density at radius 3 is 2.43 bits per heavy atom. The molecule has 3 aromatic rings. The third-order valence-corrected chi connectivity index (χ3v) is 3.98. The molecule has 0 saturated heterocycles. The lowest BCUT2D eigenvalue weighted by molar-refractivity contribution is -0.123. The number of para-hydroxylation sites is 1. The van der Waals surface area contributed by atoms with Crippen LogP contribution in [0.1, 0.15) is 11.1 Å². The highest BCUT2D eigenvalue weighted by Gasteiger charge is 2.03. The smallest absolute Gasteiger partial charge is 0.277 e. The number of hydrazone groups is 1. The molecule has 5 nitrogen and oxygen atoms in total.